The van der Waals surface area contributed by atoms with Crippen molar-refractivity contribution in [3.05, 3.63) is 54.5 Å². The minimum absolute atomic E-state index is 0.914. The van der Waals surface area contributed by atoms with E-state index < -0.39 is 0 Å². The molecular formula is C17H19N5. The molecule has 22 heavy (non-hydrogen) atoms. The molecule has 3 heterocycles. The van der Waals surface area contributed by atoms with Crippen molar-refractivity contribution in [3.8, 4) is 0 Å². The monoisotopic (exact) mass is 293 g/mol. The zero-order valence-corrected chi connectivity index (χ0v) is 12.4. The number of anilines is 1. The van der Waals surface area contributed by atoms with Gasteiger partial charge in [-0.1, -0.05) is 30.3 Å². The van der Waals surface area contributed by atoms with Gasteiger partial charge in [-0.15, -0.1) is 0 Å². The van der Waals surface area contributed by atoms with E-state index in [-0.39, 0.29) is 0 Å². The number of nitrogens with one attached hydrogen (secondary N) is 1. The van der Waals surface area contributed by atoms with E-state index in [9.17, 15) is 0 Å². The van der Waals surface area contributed by atoms with Gasteiger partial charge in [-0.25, -0.2) is 9.97 Å². The number of benzene rings is 1. The highest BCUT2D eigenvalue weighted by Crippen LogP contribution is 2.23. The average Bonchev–Trinajstić information content (AvgIpc) is 3.05. The van der Waals surface area contributed by atoms with Crippen LogP contribution in [0, 0.1) is 0 Å². The smallest absolute Gasteiger partial charge is 0.142 e. The topological polar surface area (TPSA) is 48.1 Å². The van der Waals surface area contributed by atoms with E-state index in [0.717, 1.165) is 49.6 Å². The van der Waals surface area contributed by atoms with E-state index >= 15 is 0 Å². The van der Waals surface area contributed by atoms with E-state index in [4.69, 9.17) is 0 Å². The number of fused-ring (bicyclic) bond motifs is 1. The van der Waals surface area contributed by atoms with Gasteiger partial charge in [-0.3, -0.25) is 4.90 Å². The first-order valence-corrected chi connectivity index (χ1v) is 7.69. The predicted molar refractivity (Wildman–Crippen MR) is 87.8 cm³/mol. The summed E-state index contributed by atoms with van der Waals surface area (Å²) in [6.45, 7) is 5.15. The number of aromatic nitrogens is 3. The second kappa shape index (κ2) is 5.77. The lowest BCUT2D eigenvalue weighted by Gasteiger charge is -2.35. The third kappa shape index (κ3) is 2.55. The number of H-pyrrole nitrogens is 1. The Hall–Kier alpha value is -2.40. The molecule has 5 heteroatoms. The molecular weight excluding hydrogens is 274 g/mol. The fourth-order valence-corrected chi connectivity index (χ4v) is 3.07. The number of nitrogens with zero attached hydrogens (tertiary/aromatic N) is 4. The molecule has 4 rings (SSSR count). The van der Waals surface area contributed by atoms with E-state index in [1.807, 2.05) is 6.20 Å². The van der Waals surface area contributed by atoms with Crippen molar-refractivity contribution in [3.63, 3.8) is 0 Å². The van der Waals surface area contributed by atoms with Gasteiger partial charge < -0.3 is 9.88 Å². The molecule has 5 nitrogen and oxygen atoms in total. The van der Waals surface area contributed by atoms with Gasteiger partial charge in [0.15, 0.2) is 0 Å². The van der Waals surface area contributed by atoms with Crippen LogP contribution in [0.2, 0.25) is 0 Å². The Bertz CT molecular complexity index is 744. The maximum absolute atomic E-state index is 4.49. The highest BCUT2D eigenvalue weighted by atomic mass is 15.3. The Kier molecular flexibility index (Phi) is 3.48. The normalized spacial score (nSPS) is 16.3. The molecule has 1 saturated heterocycles. The maximum atomic E-state index is 4.49. The molecule has 112 valence electrons. The van der Waals surface area contributed by atoms with Crippen molar-refractivity contribution in [2.45, 2.75) is 6.54 Å². The molecule has 0 radical (unpaired) electrons. The summed E-state index contributed by atoms with van der Waals surface area (Å²) in [6.07, 6.45) is 3.57. The second-order valence-electron chi connectivity index (χ2n) is 5.69. The molecule has 0 amide bonds. The van der Waals surface area contributed by atoms with Crippen LogP contribution in [0.4, 0.5) is 5.82 Å². The molecule has 1 N–H and O–H groups in total. The van der Waals surface area contributed by atoms with E-state index in [1.54, 1.807) is 6.33 Å². The number of rotatable bonds is 3. The molecule has 0 bridgehead atoms. The third-order valence-electron chi connectivity index (χ3n) is 4.25. The van der Waals surface area contributed by atoms with E-state index in [2.05, 4.69) is 61.1 Å². The molecule has 0 spiro atoms. The van der Waals surface area contributed by atoms with Gasteiger partial charge in [0.2, 0.25) is 0 Å². The van der Waals surface area contributed by atoms with Gasteiger partial charge >= 0.3 is 0 Å². The van der Waals surface area contributed by atoms with Crippen molar-refractivity contribution < 1.29 is 0 Å². The number of hydrogen-bond acceptors (Lipinski definition) is 4. The minimum Gasteiger partial charge on any atom is -0.353 e. The number of hydrogen-bond donors (Lipinski definition) is 1. The Morgan fingerprint density at radius 2 is 1.77 bits per heavy atom. The summed E-state index contributed by atoms with van der Waals surface area (Å²) >= 11 is 0. The van der Waals surface area contributed by atoms with Crippen molar-refractivity contribution in [2.75, 3.05) is 31.1 Å². The van der Waals surface area contributed by atoms with Gasteiger partial charge in [0.25, 0.3) is 0 Å². The summed E-state index contributed by atoms with van der Waals surface area (Å²) in [5.41, 5.74) is 2.29. The standard InChI is InChI=1S/C17H19N5/c1-2-4-14(5-3-1)12-21-8-10-22(11-9-21)17-15-6-7-18-16(15)19-13-20-17/h1-7,13H,8-12H2,(H,18,19,20). The molecule has 1 aliphatic rings. The molecule has 2 aromatic heterocycles. The van der Waals surface area contributed by atoms with Gasteiger partial charge in [0.1, 0.15) is 17.8 Å². The van der Waals surface area contributed by atoms with Crippen LogP contribution >= 0.6 is 0 Å². The largest absolute Gasteiger partial charge is 0.353 e. The molecule has 0 atom stereocenters. The highest BCUT2D eigenvalue weighted by Gasteiger charge is 2.20. The van der Waals surface area contributed by atoms with Crippen LogP contribution in [0.1, 0.15) is 5.56 Å². The SMILES string of the molecule is c1ccc(CN2CCN(c3ncnc4[nH]ccc34)CC2)cc1. The quantitative estimate of drug-likeness (QED) is 0.805. The Morgan fingerprint density at radius 1 is 0.955 bits per heavy atom. The van der Waals surface area contributed by atoms with Gasteiger partial charge in [0.05, 0.1) is 5.39 Å². The second-order valence-corrected chi connectivity index (χ2v) is 5.69. The average molecular weight is 293 g/mol. The van der Waals surface area contributed by atoms with E-state index in [1.165, 1.54) is 5.56 Å². The molecule has 1 aromatic carbocycles. The molecule has 0 unspecified atom stereocenters. The summed E-state index contributed by atoms with van der Waals surface area (Å²) in [6, 6.07) is 12.7. The summed E-state index contributed by atoms with van der Waals surface area (Å²) in [4.78, 5) is 16.8. The van der Waals surface area contributed by atoms with Gasteiger partial charge in [-0.05, 0) is 11.6 Å². The molecule has 0 saturated carbocycles. The fourth-order valence-electron chi connectivity index (χ4n) is 3.07. The Balaban J connectivity index is 1.45. The first-order chi connectivity index (χ1) is 10.9. The lowest BCUT2D eigenvalue weighted by Crippen LogP contribution is -2.46. The number of aromatic amines is 1. The summed E-state index contributed by atoms with van der Waals surface area (Å²) in [7, 11) is 0. The Morgan fingerprint density at radius 3 is 2.59 bits per heavy atom. The van der Waals surface area contributed by atoms with Crippen LogP contribution in [-0.4, -0.2) is 46.0 Å². The van der Waals surface area contributed by atoms with Gasteiger partial charge in [0, 0.05) is 38.9 Å². The highest BCUT2D eigenvalue weighted by molar-refractivity contribution is 5.87. The van der Waals surface area contributed by atoms with Crippen LogP contribution < -0.4 is 4.90 Å². The maximum Gasteiger partial charge on any atom is 0.142 e. The summed E-state index contributed by atoms with van der Waals surface area (Å²) in [5.74, 6) is 1.05. The van der Waals surface area contributed by atoms with Crippen molar-refractivity contribution in [2.24, 2.45) is 0 Å². The van der Waals surface area contributed by atoms with Gasteiger partial charge in [-0.2, -0.15) is 0 Å². The van der Waals surface area contributed by atoms with E-state index in [0.29, 0.717) is 0 Å². The molecule has 3 aromatic rings. The molecule has 1 aliphatic heterocycles. The lowest BCUT2D eigenvalue weighted by atomic mass is 10.2. The summed E-state index contributed by atoms with van der Waals surface area (Å²) < 4.78 is 0. The van der Waals surface area contributed by atoms with Crippen LogP contribution in [0.25, 0.3) is 11.0 Å². The zero-order valence-electron chi connectivity index (χ0n) is 12.4. The third-order valence-corrected chi connectivity index (χ3v) is 4.25. The van der Waals surface area contributed by atoms with Crippen LogP contribution in [-0.2, 0) is 6.54 Å². The van der Waals surface area contributed by atoms with Crippen molar-refractivity contribution in [1.82, 2.24) is 19.9 Å². The minimum atomic E-state index is 0.914. The predicted octanol–water partition coefficient (Wildman–Crippen LogP) is 2.28. The fraction of sp³-hybridized carbons (Fsp3) is 0.294. The van der Waals surface area contributed by atoms with Crippen LogP contribution in [0.3, 0.4) is 0 Å². The summed E-state index contributed by atoms with van der Waals surface area (Å²) in [5, 5.41) is 1.11. The lowest BCUT2D eigenvalue weighted by molar-refractivity contribution is 0.249. The van der Waals surface area contributed by atoms with Crippen LogP contribution in [0.15, 0.2) is 48.9 Å². The van der Waals surface area contributed by atoms with Crippen molar-refractivity contribution >= 4 is 16.9 Å². The molecule has 0 aliphatic carbocycles. The molecule has 1 fully saturated rings. The zero-order chi connectivity index (χ0) is 14.8. The van der Waals surface area contributed by atoms with Crippen molar-refractivity contribution in [1.29, 1.82) is 0 Å². The van der Waals surface area contributed by atoms with Crippen LogP contribution in [0.5, 0.6) is 0 Å². The number of piperazine rings is 1. The first kappa shape index (κ1) is 13.3. The Labute approximate surface area is 129 Å². The first-order valence-electron chi connectivity index (χ1n) is 7.69.